The fourth-order valence-electron chi connectivity index (χ4n) is 3.62. The highest BCUT2D eigenvalue weighted by molar-refractivity contribution is 9.10. The lowest BCUT2D eigenvalue weighted by molar-refractivity contribution is -0.143. The summed E-state index contributed by atoms with van der Waals surface area (Å²) in [4.78, 5) is 28.7. The molecule has 0 aliphatic rings. The van der Waals surface area contributed by atoms with Crippen LogP contribution in [0.5, 0.6) is 5.75 Å². The number of hydrogen-bond acceptors (Lipinski definition) is 3. The largest absolute Gasteiger partial charge is 0.483 e. The summed E-state index contributed by atoms with van der Waals surface area (Å²) in [5.41, 5.74) is 1.69. The molecule has 5 nitrogen and oxygen atoms in total. The molecule has 36 heavy (non-hydrogen) atoms. The smallest absolute Gasteiger partial charge is 0.261 e. The summed E-state index contributed by atoms with van der Waals surface area (Å²) in [6.45, 7) is 3.85. The Bertz CT molecular complexity index is 1180. The molecule has 3 rings (SSSR count). The van der Waals surface area contributed by atoms with Crippen molar-refractivity contribution in [3.63, 3.8) is 0 Å². The Morgan fingerprint density at radius 3 is 2.39 bits per heavy atom. The summed E-state index contributed by atoms with van der Waals surface area (Å²) in [7, 11) is 0. The number of carbonyl (C=O) groups excluding carboxylic acids is 2. The molecule has 0 spiro atoms. The Morgan fingerprint density at radius 2 is 1.72 bits per heavy atom. The Morgan fingerprint density at radius 1 is 1.03 bits per heavy atom. The van der Waals surface area contributed by atoms with Crippen LogP contribution < -0.4 is 10.1 Å². The summed E-state index contributed by atoms with van der Waals surface area (Å²) in [6, 6.07) is 21.2. The van der Waals surface area contributed by atoms with Crippen molar-refractivity contribution in [3.05, 3.63) is 98.4 Å². The van der Waals surface area contributed by atoms with Crippen molar-refractivity contribution in [2.45, 2.75) is 45.3 Å². The summed E-state index contributed by atoms with van der Waals surface area (Å²) in [5, 5.41) is 4.12. The molecule has 0 radical (unpaired) electrons. The average Bonchev–Trinajstić information content (AvgIpc) is 2.87. The molecule has 0 saturated carbocycles. The summed E-state index contributed by atoms with van der Waals surface area (Å²) < 4.78 is 6.46. The topological polar surface area (TPSA) is 58.6 Å². The van der Waals surface area contributed by atoms with Crippen LogP contribution in [0.2, 0.25) is 10.0 Å². The number of nitrogens with zero attached hydrogens (tertiary/aromatic N) is 1. The highest BCUT2D eigenvalue weighted by Gasteiger charge is 2.31. The van der Waals surface area contributed by atoms with Gasteiger partial charge >= 0.3 is 0 Å². The first-order valence-electron chi connectivity index (χ1n) is 11.7. The van der Waals surface area contributed by atoms with Gasteiger partial charge in [0.1, 0.15) is 11.8 Å². The van der Waals surface area contributed by atoms with E-state index in [9.17, 15) is 9.59 Å². The van der Waals surface area contributed by atoms with Crippen LogP contribution in [0.1, 0.15) is 31.4 Å². The van der Waals surface area contributed by atoms with Gasteiger partial charge < -0.3 is 15.0 Å². The first-order valence-corrected chi connectivity index (χ1v) is 13.3. The van der Waals surface area contributed by atoms with E-state index in [0.717, 1.165) is 17.5 Å². The lowest BCUT2D eigenvalue weighted by Gasteiger charge is -2.32. The zero-order valence-corrected chi connectivity index (χ0v) is 23.3. The van der Waals surface area contributed by atoms with Gasteiger partial charge in [0.25, 0.3) is 5.91 Å². The molecule has 1 N–H and O–H groups in total. The maximum atomic E-state index is 13.6. The molecule has 0 bridgehead atoms. The average molecular weight is 592 g/mol. The monoisotopic (exact) mass is 590 g/mol. The SMILES string of the molecule is CC[C@@H](C)NC(=O)[C@@H](Cc1ccccc1)N(Cc1ccccc1Cl)C(=O)COc1ccc(Cl)cc1Br. The molecule has 0 aliphatic heterocycles. The molecule has 3 aromatic carbocycles. The predicted molar refractivity (Wildman–Crippen MR) is 148 cm³/mol. The van der Waals surface area contributed by atoms with E-state index in [1.165, 1.54) is 0 Å². The second-order valence-corrected chi connectivity index (χ2v) is 10.2. The predicted octanol–water partition coefficient (Wildman–Crippen LogP) is 6.69. The molecule has 2 atom stereocenters. The molecule has 3 aromatic rings. The number of carbonyl (C=O) groups is 2. The molecular weight excluding hydrogens is 563 g/mol. The maximum absolute atomic E-state index is 13.6. The van der Waals surface area contributed by atoms with Gasteiger partial charge in [-0.3, -0.25) is 9.59 Å². The summed E-state index contributed by atoms with van der Waals surface area (Å²) in [6.07, 6.45) is 1.12. The van der Waals surface area contributed by atoms with Gasteiger partial charge in [0.05, 0.1) is 4.47 Å². The minimum atomic E-state index is -0.762. The van der Waals surface area contributed by atoms with Gasteiger partial charge in [-0.1, -0.05) is 78.7 Å². The van der Waals surface area contributed by atoms with Crippen LogP contribution in [0, 0.1) is 0 Å². The molecule has 0 saturated heterocycles. The summed E-state index contributed by atoms with van der Waals surface area (Å²) in [5.74, 6) is -0.0765. The fraction of sp³-hybridized carbons (Fsp3) is 0.286. The van der Waals surface area contributed by atoms with E-state index in [1.807, 2.05) is 62.4 Å². The molecule has 8 heteroatoms. The number of rotatable bonds is 11. The van der Waals surface area contributed by atoms with E-state index in [-0.39, 0.29) is 31.0 Å². The third kappa shape index (κ3) is 7.99. The van der Waals surface area contributed by atoms with E-state index in [0.29, 0.717) is 26.7 Å². The van der Waals surface area contributed by atoms with Crippen molar-refractivity contribution < 1.29 is 14.3 Å². The number of ether oxygens (including phenoxy) is 1. The van der Waals surface area contributed by atoms with Gasteiger partial charge in [0.15, 0.2) is 6.61 Å². The second kappa shape index (κ2) is 13.7. The zero-order valence-electron chi connectivity index (χ0n) is 20.2. The lowest BCUT2D eigenvalue weighted by atomic mass is 10.0. The Kier molecular flexibility index (Phi) is 10.7. The first-order chi connectivity index (χ1) is 17.3. The van der Waals surface area contributed by atoms with Crippen molar-refractivity contribution in [3.8, 4) is 5.75 Å². The number of amides is 2. The number of hydrogen-bond donors (Lipinski definition) is 1. The van der Waals surface area contributed by atoms with Crippen molar-refractivity contribution >= 4 is 50.9 Å². The molecule has 0 aliphatic carbocycles. The van der Waals surface area contributed by atoms with Gasteiger partial charge in [-0.05, 0) is 64.7 Å². The standard InChI is InChI=1S/C28H29BrCl2N2O3/c1-3-19(2)32-28(35)25(15-20-9-5-4-6-10-20)33(17-21-11-7-8-12-24(21)31)27(34)18-36-26-14-13-22(30)16-23(26)29/h4-14,16,19,25H,3,15,17-18H2,1-2H3,(H,32,35)/t19-,25-/m1/s1. The van der Waals surface area contributed by atoms with Crippen LogP contribution in [0.4, 0.5) is 0 Å². The molecule has 0 aromatic heterocycles. The van der Waals surface area contributed by atoms with Gasteiger partial charge in [-0.25, -0.2) is 0 Å². The summed E-state index contributed by atoms with van der Waals surface area (Å²) >= 11 is 15.9. The van der Waals surface area contributed by atoms with Gasteiger partial charge in [0, 0.05) is 29.1 Å². The van der Waals surface area contributed by atoms with Crippen LogP contribution in [0.15, 0.2) is 77.3 Å². The second-order valence-electron chi connectivity index (χ2n) is 8.50. The van der Waals surface area contributed by atoms with E-state index >= 15 is 0 Å². The Labute approximate surface area is 230 Å². The highest BCUT2D eigenvalue weighted by Crippen LogP contribution is 2.28. The molecule has 0 heterocycles. The molecule has 0 fully saturated rings. The van der Waals surface area contributed by atoms with Crippen LogP contribution in [0.25, 0.3) is 0 Å². The van der Waals surface area contributed by atoms with Gasteiger partial charge in [-0.2, -0.15) is 0 Å². The first kappa shape index (κ1) is 28.0. The minimum Gasteiger partial charge on any atom is -0.483 e. The third-order valence-electron chi connectivity index (χ3n) is 5.82. The lowest BCUT2D eigenvalue weighted by Crippen LogP contribution is -2.53. The van der Waals surface area contributed by atoms with E-state index < -0.39 is 6.04 Å². The van der Waals surface area contributed by atoms with Crippen LogP contribution >= 0.6 is 39.1 Å². The van der Waals surface area contributed by atoms with Crippen LogP contribution in [0.3, 0.4) is 0 Å². The molecule has 0 unspecified atom stereocenters. The Hall–Kier alpha value is -2.54. The van der Waals surface area contributed by atoms with Crippen LogP contribution in [-0.4, -0.2) is 35.4 Å². The highest BCUT2D eigenvalue weighted by atomic mass is 79.9. The zero-order chi connectivity index (χ0) is 26.1. The minimum absolute atomic E-state index is 0.0330. The molecule has 2 amide bonds. The van der Waals surface area contributed by atoms with E-state index in [4.69, 9.17) is 27.9 Å². The fourth-order valence-corrected chi connectivity index (χ4v) is 4.61. The molecule has 190 valence electrons. The van der Waals surface area contributed by atoms with Gasteiger partial charge in [0.2, 0.25) is 5.91 Å². The van der Waals surface area contributed by atoms with Crippen molar-refractivity contribution in [1.82, 2.24) is 10.2 Å². The number of nitrogens with one attached hydrogen (secondary N) is 1. The van der Waals surface area contributed by atoms with E-state index in [2.05, 4.69) is 21.2 Å². The molecular formula is C28H29BrCl2N2O3. The number of halogens is 3. The van der Waals surface area contributed by atoms with Crippen molar-refractivity contribution in [2.24, 2.45) is 0 Å². The third-order valence-corrected chi connectivity index (χ3v) is 7.04. The van der Waals surface area contributed by atoms with Gasteiger partial charge in [-0.15, -0.1) is 0 Å². The normalized spacial score (nSPS) is 12.5. The van der Waals surface area contributed by atoms with Crippen molar-refractivity contribution in [1.29, 1.82) is 0 Å². The Balaban J connectivity index is 1.93. The van der Waals surface area contributed by atoms with E-state index in [1.54, 1.807) is 29.2 Å². The van der Waals surface area contributed by atoms with Crippen molar-refractivity contribution in [2.75, 3.05) is 6.61 Å². The van der Waals surface area contributed by atoms with Crippen LogP contribution in [-0.2, 0) is 22.6 Å². The quantitative estimate of drug-likeness (QED) is 0.270. The number of benzene rings is 3. The maximum Gasteiger partial charge on any atom is 0.261 e.